The predicted molar refractivity (Wildman–Crippen MR) is 71.8 cm³/mol. The van der Waals surface area contributed by atoms with Gasteiger partial charge in [0.2, 0.25) is 5.91 Å². The summed E-state index contributed by atoms with van der Waals surface area (Å²) in [6.07, 6.45) is 0. The van der Waals surface area contributed by atoms with Crippen molar-refractivity contribution in [2.24, 2.45) is 5.73 Å². The molecule has 0 fully saturated rings. The van der Waals surface area contributed by atoms with Crippen molar-refractivity contribution in [1.29, 1.82) is 5.26 Å². The van der Waals surface area contributed by atoms with Crippen LogP contribution in [0.1, 0.15) is 11.1 Å². The summed E-state index contributed by atoms with van der Waals surface area (Å²) < 4.78 is 0. The molecule has 0 atom stereocenters. The zero-order chi connectivity index (χ0) is 15.8. The van der Waals surface area contributed by atoms with Gasteiger partial charge in [-0.15, -0.1) is 0 Å². The minimum absolute atomic E-state index is 0.100. The number of nitrogens with two attached hydrogens (primary N) is 1. The highest BCUT2D eigenvalue weighted by atomic mass is 16.4. The molecule has 0 radical (unpaired) electrons. The van der Waals surface area contributed by atoms with Crippen LogP contribution in [0.15, 0.2) is 24.3 Å². The Morgan fingerprint density at radius 1 is 1.33 bits per heavy atom. The molecule has 0 unspecified atom stereocenters. The Morgan fingerprint density at radius 3 is 2.62 bits per heavy atom. The monoisotopic (exact) mass is 290 g/mol. The lowest BCUT2D eigenvalue weighted by Crippen LogP contribution is -2.46. The van der Waals surface area contributed by atoms with Crippen LogP contribution >= 0.6 is 0 Å². The highest BCUT2D eigenvalue weighted by Crippen LogP contribution is 2.04. The number of carbonyl (C=O) groups excluding carboxylic acids is 2. The van der Waals surface area contributed by atoms with E-state index < -0.39 is 31.0 Å². The largest absolute Gasteiger partial charge is 0.480 e. The number of primary amides is 1. The summed E-state index contributed by atoms with van der Waals surface area (Å²) in [5.74, 6) is -2.06. The Bertz CT molecular complexity index is 578. The highest BCUT2D eigenvalue weighted by Gasteiger charge is 2.18. The number of benzene rings is 1. The van der Waals surface area contributed by atoms with Crippen molar-refractivity contribution in [2.45, 2.75) is 6.54 Å². The molecule has 0 bridgehead atoms. The van der Waals surface area contributed by atoms with E-state index in [1.165, 1.54) is 0 Å². The van der Waals surface area contributed by atoms with Crippen molar-refractivity contribution in [3.63, 3.8) is 0 Å². The molecule has 0 aromatic heterocycles. The first kappa shape index (κ1) is 16.0. The maximum atomic E-state index is 11.8. The molecule has 110 valence electrons. The lowest BCUT2D eigenvalue weighted by Gasteiger charge is -2.19. The number of amides is 3. The smallest absolute Gasteiger partial charge is 0.323 e. The third-order valence-corrected chi connectivity index (χ3v) is 2.46. The Morgan fingerprint density at radius 2 is 2.05 bits per heavy atom. The van der Waals surface area contributed by atoms with E-state index in [9.17, 15) is 14.4 Å². The fourth-order valence-electron chi connectivity index (χ4n) is 1.59. The van der Waals surface area contributed by atoms with Gasteiger partial charge in [0.05, 0.1) is 11.6 Å². The van der Waals surface area contributed by atoms with Crippen LogP contribution in [0.3, 0.4) is 0 Å². The van der Waals surface area contributed by atoms with E-state index in [0.29, 0.717) is 11.1 Å². The average molecular weight is 290 g/mol. The molecule has 0 aliphatic rings. The molecule has 8 nitrogen and oxygen atoms in total. The summed E-state index contributed by atoms with van der Waals surface area (Å²) in [6, 6.07) is 7.83. The molecule has 21 heavy (non-hydrogen) atoms. The summed E-state index contributed by atoms with van der Waals surface area (Å²) in [6.45, 7) is -1.02. The molecule has 0 saturated heterocycles. The maximum absolute atomic E-state index is 11.8. The van der Waals surface area contributed by atoms with Crippen molar-refractivity contribution in [1.82, 2.24) is 10.2 Å². The molecular formula is C13H14N4O4. The molecule has 1 aromatic rings. The average Bonchev–Trinajstić information content (AvgIpc) is 2.43. The first-order chi connectivity index (χ1) is 9.92. The second-order valence-corrected chi connectivity index (χ2v) is 4.19. The van der Waals surface area contributed by atoms with Gasteiger partial charge in [-0.2, -0.15) is 5.26 Å². The zero-order valence-corrected chi connectivity index (χ0v) is 11.1. The molecule has 3 amide bonds. The van der Waals surface area contributed by atoms with E-state index in [0.717, 1.165) is 4.90 Å². The van der Waals surface area contributed by atoms with Gasteiger partial charge < -0.3 is 21.1 Å². The normalized spacial score (nSPS) is 9.48. The Labute approximate surface area is 120 Å². The number of nitriles is 1. The molecular weight excluding hydrogens is 276 g/mol. The van der Waals surface area contributed by atoms with E-state index >= 15 is 0 Å². The topological polar surface area (TPSA) is 137 Å². The van der Waals surface area contributed by atoms with Crippen LogP contribution in [-0.4, -0.2) is 41.0 Å². The summed E-state index contributed by atoms with van der Waals surface area (Å²) >= 11 is 0. The molecule has 0 spiro atoms. The van der Waals surface area contributed by atoms with Crippen molar-refractivity contribution >= 4 is 17.9 Å². The zero-order valence-electron chi connectivity index (χ0n) is 11.1. The van der Waals surface area contributed by atoms with Crippen molar-refractivity contribution < 1.29 is 19.5 Å². The van der Waals surface area contributed by atoms with Gasteiger partial charge in [-0.3, -0.25) is 9.59 Å². The summed E-state index contributed by atoms with van der Waals surface area (Å²) in [4.78, 5) is 34.1. The van der Waals surface area contributed by atoms with Gasteiger partial charge in [0.25, 0.3) is 0 Å². The number of urea groups is 1. The van der Waals surface area contributed by atoms with Gasteiger partial charge in [-0.1, -0.05) is 12.1 Å². The second-order valence-electron chi connectivity index (χ2n) is 4.19. The van der Waals surface area contributed by atoms with Crippen LogP contribution in [0, 0.1) is 11.3 Å². The number of hydrogen-bond donors (Lipinski definition) is 3. The van der Waals surface area contributed by atoms with Gasteiger partial charge in [-0.25, -0.2) is 4.79 Å². The molecule has 0 aliphatic carbocycles. The SMILES string of the molecule is N#Cc1cccc(CNC(=O)N(CC(N)=O)CC(=O)O)c1. The van der Waals surface area contributed by atoms with Gasteiger partial charge in [0.15, 0.2) is 0 Å². The van der Waals surface area contributed by atoms with Crippen LogP contribution in [0.25, 0.3) is 0 Å². The van der Waals surface area contributed by atoms with Crippen LogP contribution in [0.2, 0.25) is 0 Å². The first-order valence-corrected chi connectivity index (χ1v) is 5.94. The van der Waals surface area contributed by atoms with E-state index in [1.54, 1.807) is 24.3 Å². The molecule has 1 rings (SSSR count). The lowest BCUT2D eigenvalue weighted by molar-refractivity contribution is -0.137. The first-order valence-electron chi connectivity index (χ1n) is 5.94. The summed E-state index contributed by atoms with van der Waals surface area (Å²) in [5, 5.41) is 19.9. The van der Waals surface area contributed by atoms with Crippen LogP contribution in [0.4, 0.5) is 4.79 Å². The standard InChI is InChI=1S/C13H14N4O4/c14-5-9-2-1-3-10(4-9)6-16-13(21)17(7-11(15)18)8-12(19)20/h1-4H,6-8H2,(H2,15,18)(H,16,21)(H,19,20). The van der Waals surface area contributed by atoms with Gasteiger partial charge in [-0.05, 0) is 17.7 Å². The van der Waals surface area contributed by atoms with Crippen molar-refractivity contribution in [3.8, 4) is 6.07 Å². The number of nitrogens with zero attached hydrogens (tertiary/aromatic N) is 2. The third-order valence-electron chi connectivity index (χ3n) is 2.46. The van der Waals surface area contributed by atoms with E-state index in [2.05, 4.69) is 5.32 Å². The molecule has 4 N–H and O–H groups in total. The fraction of sp³-hybridized carbons (Fsp3) is 0.231. The van der Waals surface area contributed by atoms with Crippen LogP contribution < -0.4 is 11.1 Å². The van der Waals surface area contributed by atoms with Gasteiger partial charge in [0, 0.05) is 6.54 Å². The number of carbonyl (C=O) groups is 3. The number of hydrogen-bond acceptors (Lipinski definition) is 4. The molecule has 0 heterocycles. The Balaban J connectivity index is 2.66. The highest BCUT2D eigenvalue weighted by molar-refractivity contribution is 5.85. The minimum atomic E-state index is -1.25. The third kappa shape index (κ3) is 5.61. The van der Waals surface area contributed by atoms with Gasteiger partial charge in [0.1, 0.15) is 13.1 Å². The quantitative estimate of drug-likeness (QED) is 0.657. The molecule has 0 saturated carbocycles. The fourth-order valence-corrected chi connectivity index (χ4v) is 1.59. The number of carboxylic acid groups (broad SMARTS) is 1. The van der Waals surface area contributed by atoms with Crippen molar-refractivity contribution in [2.75, 3.05) is 13.1 Å². The molecule has 1 aromatic carbocycles. The van der Waals surface area contributed by atoms with E-state index in [1.807, 2.05) is 6.07 Å². The maximum Gasteiger partial charge on any atom is 0.323 e. The molecule has 0 aliphatic heterocycles. The number of aliphatic carboxylic acids is 1. The number of carboxylic acids is 1. The lowest BCUT2D eigenvalue weighted by atomic mass is 10.1. The molecule has 8 heteroatoms. The second kappa shape index (κ2) is 7.49. The minimum Gasteiger partial charge on any atom is -0.480 e. The Kier molecular flexibility index (Phi) is 5.70. The number of rotatable bonds is 6. The van der Waals surface area contributed by atoms with E-state index in [4.69, 9.17) is 16.1 Å². The summed E-state index contributed by atoms with van der Waals surface area (Å²) in [5.41, 5.74) is 6.09. The predicted octanol–water partition coefficient (Wildman–Crippen LogP) is -0.360. The number of nitrogens with one attached hydrogen (secondary N) is 1. The van der Waals surface area contributed by atoms with Crippen LogP contribution in [0.5, 0.6) is 0 Å². The van der Waals surface area contributed by atoms with E-state index in [-0.39, 0.29) is 6.54 Å². The Hall–Kier alpha value is -3.08. The summed E-state index contributed by atoms with van der Waals surface area (Å²) in [7, 11) is 0. The van der Waals surface area contributed by atoms with Gasteiger partial charge >= 0.3 is 12.0 Å². The van der Waals surface area contributed by atoms with Crippen molar-refractivity contribution in [3.05, 3.63) is 35.4 Å². The van der Waals surface area contributed by atoms with Crippen LogP contribution in [-0.2, 0) is 16.1 Å².